The second kappa shape index (κ2) is 5.46. The Morgan fingerprint density at radius 1 is 1.33 bits per heavy atom. The van der Waals surface area contributed by atoms with Crippen LogP contribution < -0.4 is 5.32 Å². The van der Waals surface area contributed by atoms with Gasteiger partial charge in [-0.3, -0.25) is 0 Å². The molecule has 0 aromatic carbocycles. The fourth-order valence-corrected chi connectivity index (χ4v) is 2.10. The van der Waals surface area contributed by atoms with Gasteiger partial charge >= 0.3 is 12.2 Å². The van der Waals surface area contributed by atoms with Gasteiger partial charge < -0.3 is 20.1 Å². The molecule has 1 fully saturated rings. The van der Waals surface area contributed by atoms with Gasteiger partial charge in [-0.2, -0.15) is 0 Å². The third kappa shape index (κ3) is 4.43. The van der Waals surface area contributed by atoms with Crippen molar-refractivity contribution >= 4 is 12.2 Å². The van der Waals surface area contributed by atoms with E-state index in [0.29, 0.717) is 6.42 Å². The standard InChI is InChI=1S/C12H22N2O4/c1-12(2,3)18-11(17)14(4)9-6-5-8(7-9)13-10(15)16/h8-9,13H,5-7H2,1-4H3,(H,15,16)/t8-,9+/m0/s1. The zero-order chi connectivity index (χ0) is 13.9. The first-order valence-electron chi connectivity index (χ1n) is 6.14. The SMILES string of the molecule is CN(C(=O)OC(C)(C)C)[C@@H]1CC[C@H](NC(=O)O)C1. The number of amides is 2. The van der Waals surface area contributed by atoms with Gasteiger partial charge in [-0.25, -0.2) is 9.59 Å². The summed E-state index contributed by atoms with van der Waals surface area (Å²) in [6.45, 7) is 5.46. The van der Waals surface area contributed by atoms with E-state index in [9.17, 15) is 9.59 Å². The van der Waals surface area contributed by atoms with Crippen LogP contribution in [0.2, 0.25) is 0 Å². The van der Waals surface area contributed by atoms with Crippen molar-refractivity contribution in [3.8, 4) is 0 Å². The lowest BCUT2D eigenvalue weighted by atomic mass is 10.2. The normalized spacial score (nSPS) is 23.6. The molecule has 0 aliphatic heterocycles. The van der Waals surface area contributed by atoms with Crippen LogP contribution in [0, 0.1) is 0 Å². The molecule has 1 aliphatic rings. The Bertz CT molecular complexity index is 325. The lowest BCUT2D eigenvalue weighted by Crippen LogP contribution is -2.41. The van der Waals surface area contributed by atoms with Crippen LogP contribution in [-0.2, 0) is 4.74 Å². The molecule has 104 valence electrons. The molecule has 1 rings (SSSR count). The summed E-state index contributed by atoms with van der Waals surface area (Å²) in [6, 6.07) is -0.0333. The molecule has 0 saturated heterocycles. The van der Waals surface area contributed by atoms with E-state index in [2.05, 4.69) is 5.32 Å². The van der Waals surface area contributed by atoms with Crippen molar-refractivity contribution in [2.24, 2.45) is 0 Å². The lowest BCUT2D eigenvalue weighted by molar-refractivity contribution is 0.0225. The van der Waals surface area contributed by atoms with E-state index in [-0.39, 0.29) is 18.2 Å². The topological polar surface area (TPSA) is 78.9 Å². The molecule has 0 radical (unpaired) electrons. The van der Waals surface area contributed by atoms with E-state index in [4.69, 9.17) is 9.84 Å². The van der Waals surface area contributed by atoms with Crippen LogP contribution >= 0.6 is 0 Å². The van der Waals surface area contributed by atoms with Crippen molar-refractivity contribution < 1.29 is 19.4 Å². The van der Waals surface area contributed by atoms with Crippen molar-refractivity contribution in [3.05, 3.63) is 0 Å². The Kier molecular flexibility index (Phi) is 4.43. The Labute approximate surface area is 107 Å². The molecule has 0 aromatic heterocycles. The highest BCUT2D eigenvalue weighted by Gasteiger charge is 2.32. The monoisotopic (exact) mass is 258 g/mol. The number of nitrogens with zero attached hydrogens (tertiary/aromatic N) is 1. The van der Waals surface area contributed by atoms with Crippen LogP contribution in [0.5, 0.6) is 0 Å². The van der Waals surface area contributed by atoms with E-state index in [1.54, 1.807) is 11.9 Å². The van der Waals surface area contributed by atoms with Crippen molar-refractivity contribution in [3.63, 3.8) is 0 Å². The molecular formula is C12H22N2O4. The number of hydrogen-bond acceptors (Lipinski definition) is 3. The van der Waals surface area contributed by atoms with Crippen molar-refractivity contribution in [1.82, 2.24) is 10.2 Å². The molecule has 2 atom stereocenters. The quantitative estimate of drug-likeness (QED) is 0.794. The summed E-state index contributed by atoms with van der Waals surface area (Å²) in [5.74, 6) is 0. The maximum Gasteiger partial charge on any atom is 0.410 e. The van der Waals surface area contributed by atoms with Gasteiger partial charge in [-0.1, -0.05) is 0 Å². The van der Waals surface area contributed by atoms with Crippen LogP contribution in [0.4, 0.5) is 9.59 Å². The summed E-state index contributed by atoms with van der Waals surface area (Å²) in [7, 11) is 1.70. The second-order valence-electron chi connectivity index (χ2n) is 5.70. The first-order chi connectivity index (χ1) is 8.19. The first kappa shape index (κ1) is 14.6. The van der Waals surface area contributed by atoms with Crippen molar-refractivity contribution in [1.29, 1.82) is 0 Å². The van der Waals surface area contributed by atoms with Gasteiger partial charge in [0.25, 0.3) is 0 Å². The molecule has 0 bridgehead atoms. The molecule has 0 aromatic rings. The minimum absolute atomic E-state index is 0.0386. The van der Waals surface area contributed by atoms with Crippen LogP contribution in [0.25, 0.3) is 0 Å². The van der Waals surface area contributed by atoms with Gasteiger partial charge in [0.2, 0.25) is 0 Å². The highest BCUT2D eigenvalue weighted by molar-refractivity contribution is 5.68. The van der Waals surface area contributed by atoms with Crippen LogP contribution in [-0.4, -0.2) is 46.9 Å². The van der Waals surface area contributed by atoms with Gasteiger partial charge in [0.05, 0.1) is 0 Å². The molecule has 2 amide bonds. The molecule has 0 heterocycles. The summed E-state index contributed by atoms with van der Waals surface area (Å²) in [5, 5.41) is 11.1. The summed E-state index contributed by atoms with van der Waals surface area (Å²) >= 11 is 0. The highest BCUT2D eigenvalue weighted by atomic mass is 16.6. The molecule has 2 N–H and O–H groups in total. The zero-order valence-electron chi connectivity index (χ0n) is 11.4. The van der Waals surface area contributed by atoms with Crippen LogP contribution in [0.3, 0.4) is 0 Å². The molecule has 18 heavy (non-hydrogen) atoms. The maximum absolute atomic E-state index is 11.8. The summed E-state index contributed by atoms with van der Waals surface area (Å²) in [5.41, 5.74) is -0.511. The molecule has 6 heteroatoms. The third-order valence-corrected chi connectivity index (χ3v) is 2.96. The Morgan fingerprint density at radius 3 is 2.44 bits per heavy atom. The summed E-state index contributed by atoms with van der Waals surface area (Å²) in [6.07, 6.45) is 0.816. The van der Waals surface area contributed by atoms with E-state index in [0.717, 1.165) is 12.8 Å². The predicted molar refractivity (Wildman–Crippen MR) is 66.6 cm³/mol. The minimum atomic E-state index is -1.01. The predicted octanol–water partition coefficient (Wildman–Crippen LogP) is 2.04. The smallest absolute Gasteiger partial charge is 0.410 e. The number of nitrogens with one attached hydrogen (secondary N) is 1. The second-order valence-corrected chi connectivity index (χ2v) is 5.70. The largest absolute Gasteiger partial charge is 0.465 e. The highest BCUT2D eigenvalue weighted by Crippen LogP contribution is 2.24. The van der Waals surface area contributed by atoms with E-state index >= 15 is 0 Å². The van der Waals surface area contributed by atoms with Gasteiger partial charge in [-0.05, 0) is 40.0 Å². The third-order valence-electron chi connectivity index (χ3n) is 2.96. The number of hydrogen-bond donors (Lipinski definition) is 2. The molecule has 1 aliphatic carbocycles. The number of carbonyl (C=O) groups excluding carboxylic acids is 1. The lowest BCUT2D eigenvalue weighted by Gasteiger charge is -2.28. The molecule has 0 spiro atoms. The maximum atomic E-state index is 11.8. The number of carbonyl (C=O) groups is 2. The van der Waals surface area contributed by atoms with Gasteiger partial charge in [0.1, 0.15) is 5.60 Å². The molecular weight excluding hydrogens is 236 g/mol. The molecule has 6 nitrogen and oxygen atoms in total. The van der Waals surface area contributed by atoms with Gasteiger partial charge in [-0.15, -0.1) is 0 Å². The fourth-order valence-electron chi connectivity index (χ4n) is 2.10. The Morgan fingerprint density at radius 2 is 1.94 bits per heavy atom. The van der Waals surface area contributed by atoms with Crippen LogP contribution in [0.1, 0.15) is 40.0 Å². The number of ether oxygens (including phenoxy) is 1. The summed E-state index contributed by atoms with van der Waals surface area (Å²) < 4.78 is 5.28. The van der Waals surface area contributed by atoms with Gasteiger partial charge in [0.15, 0.2) is 0 Å². The van der Waals surface area contributed by atoms with Gasteiger partial charge in [0, 0.05) is 19.1 Å². The average Bonchev–Trinajstić information content (AvgIpc) is 2.61. The first-order valence-corrected chi connectivity index (χ1v) is 6.14. The van der Waals surface area contributed by atoms with Crippen LogP contribution in [0.15, 0.2) is 0 Å². The van der Waals surface area contributed by atoms with Crippen molar-refractivity contribution in [2.75, 3.05) is 7.05 Å². The molecule has 0 unspecified atom stereocenters. The average molecular weight is 258 g/mol. The Balaban J connectivity index is 2.46. The van der Waals surface area contributed by atoms with E-state index < -0.39 is 11.7 Å². The number of rotatable bonds is 2. The Hall–Kier alpha value is -1.46. The fraction of sp³-hybridized carbons (Fsp3) is 0.833. The van der Waals surface area contributed by atoms with E-state index in [1.165, 1.54) is 0 Å². The van der Waals surface area contributed by atoms with E-state index in [1.807, 2.05) is 20.8 Å². The summed E-state index contributed by atoms with van der Waals surface area (Å²) in [4.78, 5) is 23.9. The number of carboxylic acid groups (broad SMARTS) is 1. The van der Waals surface area contributed by atoms with Crippen molar-refractivity contribution in [2.45, 2.75) is 57.7 Å². The minimum Gasteiger partial charge on any atom is -0.465 e. The zero-order valence-corrected chi connectivity index (χ0v) is 11.4. The molecule has 1 saturated carbocycles.